The van der Waals surface area contributed by atoms with Crippen molar-refractivity contribution in [3.05, 3.63) is 35.9 Å². The molecule has 3 nitrogen and oxygen atoms in total. The van der Waals surface area contributed by atoms with E-state index < -0.39 is 0 Å². The second-order valence-corrected chi connectivity index (χ2v) is 3.80. The molecule has 0 spiro atoms. The van der Waals surface area contributed by atoms with Gasteiger partial charge in [-0.05, 0) is 18.4 Å². The van der Waals surface area contributed by atoms with Crippen LogP contribution in [0.25, 0.3) is 0 Å². The number of rotatable bonds is 7. The molecule has 0 N–H and O–H groups in total. The summed E-state index contributed by atoms with van der Waals surface area (Å²) < 4.78 is 4.95. The summed E-state index contributed by atoms with van der Waals surface area (Å²) in [6.07, 6.45) is 3.76. The Morgan fingerprint density at radius 3 is 2.65 bits per heavy atom. The zero-order chi connectivity index (χ0) is 12.5. The molecule has 17 heavy (non-hydrogen) atoms. The van der Waals surface area contributed by atoms with Crippen molar-refractivity contribution in [3.63, 3.8) is 0 Å². The van der Waals surface area contributed by atoms with Crippen molar-refractivity contribution in [2.45, 2.75) is 32.1 Å². The van der Waals surface area contributed by atoms with Gasteiger partial charge < -0.3 is 4.74 Å². The van der Waals surface area contributed by atoms with Crippen molar-refractivity contribution in [1.29, 1.82) is 0 Å². The number of carbonyl (C=O) groups excluding carboxylic acids is 2. The Labute approximate surface area is 102 Å². The van der Waals surface area contributed by atoms with Crippen LogP contribution in [0.4, 0.5) is 0 Å². The first kappa shape index (κ1) is 13.4. The van der Waals surface area contributed by atoms with Gasteiger partial charge in [-0.1, -0.05) is 37.3 Å². The number of esters is 1. The zero-order valence-corrected chi connectivity index (χ0v) is 10.0. The third-order valence-corrected chi connectivity index (χ3v) is 2.53. The fourth-order valence-electron chi connectivity index (χ4n) is 1.55. The number of hydrogen-bond donors (Lipinski definition) is 0. The van der Waals surface area contributed by atoms with Gasteiger partial charge in [0.05, 0.1) is 12.5 Å². The maximum absolute atomic E-state index is 10.9. The molecule has 0 aromatic heterocycles. The standard InChI is InChI=1S/C14H17O3/c1-2-14(16)17-10-6-9-13(11-15)12-7-4-3-5-8-12/h3-5,7-8,13H,2,6,9-10H2,1H3. The summed E-state index contributed by atoms with van der Waals surface area (Å²) in [5.41, 5.74) is 0.962. The molecule has 0 saturated heterocycles. The minimum absolute atomic E-state index is 0.198. The maximum Gasteiger partial charge on any atom is 0.305 e. The predicted octanol–water partition coefficient (Wildman–Crippen LogP) is 2.61. The molecule has 0 heterocycles. The summed E-state index contributed by atoms with van der Waals surface area (Å²) in [5.74, 6) is -0.423. The Kier molecular flexibility index (Phi) is 6.00. The fraction of sp³-hybridized carbons (Fsp3) is 0.429. The van der Waals surface area contributed by atoms with E-state index in [1.807, 2.05) is 36.6 Å². The van der Waals surface area contributed by atoms with Crippen LogP contribution < -0.4 is 0 Å². The summed E-state index contributed by atoms with van der Waals surface area (Å²) in [4.78, 5) is 21.8. The topological polar surface area (TPSA) is 43.4 Å². The van der Waals surface area contributed by atoms with Crippen LogP contribution in [0.3, 0.4) is 0 Å². The lowest BCUT2D eigenvalue weighted by molar-refractivity contribution is -0.143. The van der Waals surface area contributed by atoms with Gasteiger partial charge >= 0.3 is 5.97 Å². The Morgan fingerprint density at radius 2 is 2.06 bits per heavy atom. The van der Waals surface area contributed by atoms with E-state index in [1.54, 1.807) is 6.92 Å². The molecule has 1 rings (SSSR count). The Morgan fingerprint density at radius 1 is 1.35 bits per heavy atom. The van der Waals surface area contributed by atoms with Crippen LogP contribution in [-0.4, -0.2) is 18.9 Å². The lowest BCUT2D eigenvalue weighted by atomic mass is 9.96. The molecule has 91 valence electrons. The lowest BCUT2D eigenvalue weighted by Crippen LogP contribution is -2.06. The highest BCUT2D eigenvalue weighted by Crippen LogP contribution is 2.18. The predicted molar refractivity (Wildman–Crippen MR) is 65.4 cm³/mol. The third-order valence-electron chi connectivity index (χ3n) is 2.53. The van der Waals surface area contributed by atoms with E-state index in [4.69, 9.17) is 4.74 Å². The van der Waals surface area contributed by atoms with Gasteiger partial charge in [-0.3, -0.25) is 9.59 Å². The van der Waals surface area contributed by atoms with Gasteiger partial charge in [-0.25, -0.2) is 0 Å². The highest BCUT2D eigenvalue weighted by Gasteiger charge is 2.10. The minimum atomic E-state index is -0.225. The van der Waals surface area contributed by atoms with Gasteiger partial charge in [0.1, 0.15) is 0 Å². The second kappa shape index (κ2) is 7.60. The molecule has 0 aliphatic rings. The van der Waals surface area contributed by atoms with E-state index in [0.717, 1.165) is 5.56 Å². The van der Waals surface area contributed by atoms with Crippen molar-refractivity contribution < 1.29 is 14.3 Å². The van der Waals surface area contributed by atoms with E-state index in [2.05, 4.69) is 0 Å². The molecular weight excluding hydrogens is 216 g/mol. The van der Waals surface area contributed by atoms with Gasteiger partial charge in [0.2, 0.25) is 6.29 Å². The van der Waals surface area contributed by atoms with Crippen LogP contribution in [-0.2, 0) is 14.3 Å². The largest absolute Gasteiger partial charge is 0.466 e. The normalized spacial score (nSPS) is 11.8. The van der Waals surface area contributed by atoms with Crippen LogP contribution >= 0.6 is 0 Å². The quantitative estimate of drug-likeness (QED) is 0.537. The molecule has 1 aromatic carbocycles. The molecule has 1 radical (unpaired) electrons. The van der Waals surface area contributed by atoms with E-state index >= 15 is 0 Å². The van der Waals surface area contributed by atoms with E-state index in [0.29, 0.717) is 25.9 Å². The molecule has 0 fully saturated rings. The van der Waals surface area contributed by atoms with Gasteiger partial charge in [0, 0.05) is 6.42 Å². The Hall–Kier alpha value is -1.64. The molecule has 1 aromatic rings. The molecule has 1 unspecified atom stereocenters. The summed E-state index contributed by atoms with van der Waals surface area (Å²) >= 11 is 0. The molecule has 3 heteroatoms. The van der Waals surface area contributed by atoms with Gasteiger partial charge in [0.15, 0.2) is 0 Å². The van der Waals surface area contributed by atoms with Crippen molar-refractivity contribution in [2.75, 3.05) is 6.61 Å². The summed E-state index contributed by atoms with van der Waals surface area (Å²) in [6.45, 7) is 2.13. The SMILES string of the molecule is CCC(=O)OCCCC([C]=O)c1ccccc1. The minimum Gasteiger partial charge on any atom is -0.466 e. The summed E-state index contributed by atoms with van der Waals surface area (Å²) in [7, 11) is 0. The monoisotopic (exact) mass is 233 g/mol. The molecule has 0 bridgehead atoms. The third kappa shape index (κ3) is 4.81. The zero-order valence-electron chi connectivity index (χ0n) is 10.0. The number of benzene rings is 1. The fourth-order valence-corrected chi connectivity index (χ4v) is 1.55. The average molecular weight is 233 g/mol. The summed E-state index contributed by atoms with van der Waals surface area (Å²) in [6, 6.07) is 9.53. The average Bonchev–Trinajstić information content (AvgIpc) is 2.39. The summed E-state index contributed by atoms with van der Waals surface area (Å²) in [5, 5.41) is 0. The first-order valence-corrected chi connectivity index (χ1v) is 5.86. The Bertz CT molecular complexity index is 346. The lowest BCUT2D eigenvalue weighted by Gasteiger charge is -2.09. The van der Waals surface area contributed by atoms with Crippen molar-refractivity contribution in [1.82, 2.24) is 0 Å². The number of ether oxygens (including phenoxy) is 1. The van der Waals surface area contributed by atoms with Crippen LogP contribution in [0, 0.1) is 0 Å². The van der Waals surface area contributed by atoms with Gasteiger partial charge in [-0.15, -0.1) is 0 Å². The molecule has 0 saturated carbocycles. The molecule has 0 aliphatic heterocycles. The second-order valence-electron chi connectivity index (χ2n) is 3.80. The van der Waals surface area contributed by atoms with E-state index in [-0.39, 0.29) is 11.9 Å². The van der Waals surface area contributed by atoms with Gasteiger partial charge in [-0.2, -0.15) is 0 Å². The van der Waals surface area contributed by atoms with Gasteiger partial charge in [0.25, 0.3) is 0 Å². The smallest absolute Gasteiger partial charge is 0.305 e. The first-order valence-electron chi connectivity index (χ1n) is 5.86. The van der Waals surface area contributed by atoms with Crippen LogP contribution in [0.2, 0.25) is 0 Å². The molecule has 0 amide bonds. The number of hydrogen-bond acceptors (Lipinski definition) is 3. The first-order chi connectivity index (χ1) is 8.27. The van der Waals surface area contributed by atoms with Crippen LogP contribution in [0.5, 0.6) is 0 Å². The van der Waals surface area contributed by atoms with Crippen LogP contribution in [0.15, 0.2) is 30.3 Å². The molecule has 0 aliphatic carbocycles. The highest BCUT2D eigenvalue weighted by molar-refractivity contribution is 5.68. The molecule has 1 atom stereocenters. The van der Waals surface area contributed by atoms with E-state index in [1.165, 1.54) is 0 Å². The number of carbonyl (C=O) groups is 1. The Balaban J connectivity index is 2.34. The van der Waals surface area contributed by atoms with Crippen molar-refractivity contribution in [3.8, 4) is 0 Å². The molecular formula is C14H17O3. The highest BCUT2D eigenvalue weighted by atomic mass is 16.5. The van der Waals surface area contributed by atoms with E-state index in [9.17, 15) is 9.59 Å². The van der Waals surface area contributed by atoms with Crippen LogP contribution in [0.1, 0.15) is 37.7 Å². The van der Waals surface area contributed by atoms with Crippen molar-refractivity contribution in [2.24, 2.45) is 0 Å². The van der Waals surface area contributed by atoms with Crippen molar-refractivity contribution >= 4 is 12.3 Å². The maximum atomic E-state index is 10.9.